The molecule has 1 heterocycles. The summed E-state index contributed by atoms with van der Waals surface area (Å²) in [6, 6.07) is 13.1. The molecule has 3 rings (SSSR count). The number of carboxylic acid groups (broad SMARTS) is 1. The van der Waals surface area contributed by atoms with Gasteiger partial charge in [0.15, 0.2) is 0 Å². The molecule has 0 aliphatic carbocycles. The third kappa shape index (κ3) is 2.66. The molecule has 0 unspecified atom stereocenters. The zero-order valence-corrected chi connectivity index (χ0v) is 11.9. The summed E-state index contributed by atoms with van der Waals surface area (Å²) in [7, 11) is 0. The number of nitrogens with zero attached hydrogens (tertiary/aromatic N) is 1. The molecule has 1 N–H and O–H groups in total. The number of rotatable bonds is 3. The molecule has 0 atom stereocenters. The van der Waals surface area contributed by atoms with E-state index in [1.165, 1.54) is 0 Å². The Balaban J connectivity index is 2.01. The van der Waals surface area contributed by atoms with Crippen molar-refractivity contribution in [2.45, 2.75) is 6.42 Å². The van der Waals surface area contributed by atoms with Crippen LogP contribution in [0.2, 0.25) is 5.02 Å². The molecule has 0 radical (unpaired) electrons. The number of aliphatic carboxylic acids is 1. The summed E-state index contributed by atoms with van der Waals surface area (Å²) < 4.78 is 1.05. The van der Waals surface area contributed by atoms with Gasteiger partial charge in [0.25, 0.3) is 0 Å². The van der Waals surface area contributed by atoms with Gasteiger partial charge in [0.2, 0.25) is 0 Å². The molecule has 0 spiro atoms. The predicted octanol–water partition coefficient (Wildman–Crippen LogP) is 4.24. The first-order chi connectivity index (χ1) is 9.61. The van der Waals surface area contributed by atoms with Gasteiger partial charge in [-0.1, -0.05) is 29.8 Å². The molecular weight excluding hydrogens is 294 g/mol. The highest BCUT2D eigenvalue weighted by Crippen LogP contribution is 2.31. The van der Waals surface area contributed by atoms with Gasteiger partial charge >= 0.3 is 5.97 Å². The molecule has 100 valence electrons. The van der Waals surface area contributed by atoms with E-state index < -0.39 is 5.97 Å². The molecule has 3 nitrogen and oxygen atoms in total. The van der Waals surface area contributed by atoms with Crippen molar-refractivity contribution in [3.8, 4) is 10.6 Å². The molecule has 0 amide bonds. The molecule has 0 saturated heterocycles. The predicted molar refractivity (Wildman–Crippen MR) is 81.4 cm³/mol. The molecular formula is C15H10ClNO2S. The highest BCUT2D eigenvalue weighted by atomic mass is 35.5. The minimum absolute atomic E-state index is 0.0176. The molecule has 0 saturated carbocycles. The van der Waals surface area contributed by atoms with E-state index in [0.29, 0.717) is 5.02 Å². The topological polar surface area (TPSA) is 50.2 Å². The summed E-state index contributed by atoms with van der Waals surface area (Å²) in [5.41, 5.74) is 2.60. The number of benzene rings is 2. The van der Waals surface area contributed by atoms with Crippen molar-refractivity contribution in [3.05, 3.63) is 53.1 Å². The SMILES string of the molecule is O=C(O)Cc1ccc2sc(-c3ccc(Cl)cc3)nc2c1. The van der Waals surface area contributed by atoms with Crippen LogP contribution in [0, 0.1) is 0 Å². The number of carbonyl (C=O) groups is 1. The standard InChI is InChI=1S/C15H10ClNO2S/c16-11-4-2-10(3-5-11)15-17-12-7-9(8-14(18)19)1-6-13(12)20-15/h1-7H,8H2,(H,18,19). The fourth-order valence-corrected chi connectivity index (χ4v) is 3.05. The van der Waals surface area contributed by atoms with Crippen LogP contribution in [-0.2, 0) is 11.2 Å². The van der Waals surface area contributed by atoms with Gasteiger partial charge in [-0.25, -0.2) is 4.98 Å². The maximum Gasteiger partial charge on any atom is 0.307 e. The summed E-state index contributed by atoms with van der Waals surface area (Å²) in [5.74, 6) is -0.836. The molecule has 0 aliphatic rings. The lowest BCUT2D eigenvalue weighted by atomic mass is 10.1. The van der Waals surface area contributed by atoms with Crippen molar-refractivity contribution < 1.29 is 9.90 Å². The Morgan fingerprint density at radius 3 is 2.65 bits per heavy atom. The molecule has 5 heteroatoms. The van der Waals surface area contributed by atoms with Gasteiger partial charge in [-0.2, -0.15) is 0 Å². The van der Waals surface area contributed by atoms with Gasteiger partial charge in [0, 0.05) is 10.6 Å². The molecule has 3 aromatic rings. The van der Waals surface area contributed by atoms with Crippen molar-refractivity contribution in [3.63, 3.8) is 0 Å². The van der Waals surface area contributed by atoms with Crippen molar-refractivity contribution in [2.75, 3.05) is 0 Å². The number of hydrogen-bond donors (Lipinski definition) is 1. The Hall–Kier alpha value is -1.91. The summed E-state index contributed by atoms with van der Waals surface area (Å²) in [5, 5.41) is 10.4. The van der Waals surface area contributed by atoms with Crippen LogP contribution >= 0.6 is 22.9 Å². The van der Waals surface area contributed by atoms with E-state index in [-0.39, 0.29) is 6.42 Å². The van der Waals surface area contributed by atoms with Crippen molar-refractivity contribution >= 4 is 39.1 Å². The third-order valence-corrected chi connectivity index (χ3v) is 4.24. The van der Waals surface area contributed by atoms with Crippen LogP contribution in [0.5, 0.6) is 0 Å². The minimum Gasteiger partial charge on any atom is -0.481 e. The Bertz CT molecular complexity index is 780. The van der Waals surface area contributed by atoms with Gasteiger partial charge < -0.3 is 5.11 Å². The number of halogens is 1. The number of thiazole rings is 1. The van der Waals surface area contributed by atoms with Crippen LogP contribution in [0.3, 0.4) is 0 Å². The van der Waals surface area contributed by atoms with E-state index in [0.717, 1.165) is 26.4 Å². The second kappa shape index (κ2) is 5.23. The van der Waals surface area contributed by atoms with Crippen LogP contribution in [0.25, 0.3) is 20.8 Å². The Kier molecular flexibility index (Phi) is 3.42. The van der Waals surface area contributed by atoms with E-state index >= 15 is 0 Å². The van der Waals surface area contributed by atoms with E-state index in [9.17, 15) is 4.79 Å². The largest absolute Gasteiger partial charge is 0.481 e. The van der Waals surface area contributed by atoms with Crippen molar-refractivity contribution in [1.29, 1.82) is 0 Å². The number of fused-ring (bicyclic) bond motifs is 1. The highest BCUT2D eigenvalue weighted by molar-refractivity contribution is 7.21. The zero-order chi connectivity index (χ0) is 14.1. The minimum atomic E-state index is -0.836. The zero-order valence-electron chi connectivity index (χ0n) is 10.3. The average molecular weight is 304 g/mol. The van der Waals surface area contributed by atoms with E-state index in [4.69, 9.17) is 16.7 Å². The van der Waals surface area contributed by atoms with Crippen molar-refractivity contribution in [1.82, 2.24) is 4.98 Å². The fraction of sp³-hybridized carbons (Fsp3) is 0.0667. The van der Waals surface area contributed by atoms with Crippen LogP contribution in [0.1, 0.15) is 5.56 Å². The monoisotopic (exact) mass is 303 g/mol. The lowest BCUT2D eigenvalue weighted by molar-refractivity contribution is -0.136. The first-order valence-electron chi connectivity index (χ1n) is 5.99. The maximum atomic E-state index is 10.7. The Morgan fingerprint density at radius 1 is 1.20 bits per heavy atom. The summed E-state index contributed by atoms with van der Waals surface area (Å²) in [4.78, 5) is 15.3. The molecule has 0 bridgehead atoms. The molecule has 0 aliphatic heterocycles. The van der Waals surface area contributed by atoms with Gasteiger partial charge in [-0.3, -0.25) is 4.79 Å². The Morgan fingerprint density at radius 2 is 1.95 bits per heavy atom. The molecule has 0 fully saturated rings. The first kappa shape index (κ1) is 13.1. The maximum absolute atomic E-state index is 10.7. The van der Waals surface area contributed by atoms with Gasteiger partial charge in [0.1, 0.15) is 5.01 Å². The van der Waals surface area contributed by atoms with Gasteiger partial charge in [0.05, 0.1) is 16.6 Å². The second-order valence-corrected chi connectivity index (χ2v) is 5.87. The smallest absolute Gasteiger partial charge is 0.307 e. The summed E-state index contributed by atoms with van der Waals surface area (Å²) >= 11 is 7.46. The lowest BCUT2D eigenvalue weighted by Crippen LogP contribution is -1.99. The first-order valence-corrected chi connectivity index (χ1v) is 7.18. The quantitative estimate of drug-likeness (QED) is 0.787. The van der Waals surface area contributed by atoms with E-state index in [1.54, 1.807) is 11.3 Å². The van der Waals surface area contributed by atoms with Crippen LogP contribution < -0.4 is 0 Å². The normalized spacial score (nSPS) is 10.8. The number of hydrogen-bond acceptors (Lipinski definition) is 3. The van der Waals surface area contributed by atoms with Gasteiger partial charge in [-0.05, 0) is 29.8 Å². The van der Waals surface area contributed by atoms with Crippen LogP contribution in [0.4, 0.5) is 0 Å². The molecule has 20 heavy (non-hydrogen) atoms. The highest BCUT2D eigenvalue weighted by Gasteiger charge is 2.08. The molecule has 1 aromatic heterocycles. The fourth-order valence-electron chi connectivity index (χ4n) is 1.97. The van der Waals surface area contributed by atoms with Crippen LogP contribution in [-0.4, -0.2) is 16.1 Å². The molecule has 2 aromatic carbocycles. The Labute approximate surface area is 124 Å². The average Bonchev–Trinajstić information content (AvgIpc) is 2.81. The third-order valence-electron chi connectivity index (χ3n) is 2.90. The number of carboxylic acids is 1. The van der Waals surface area contributed by atoms with Gasteiger partial charge in [-0.15, -0.1) is 11.3 Å². The van der Waals surface area contributed by atoms with Crippen LogP contribution in [0.15, 0.2) is 42.5 Å². The van der Waals surface area contributed by atoms with E-state index in [1.807, 2.05) is 42.5 Å². The summed E-state index contributed by atoms with van der Waals surface area (Å²) in [6.45, 7) is 0. The number of aromatic nitrogens is 1. The lowest BCUT2D eigenvalue weighted by Gasteiger charge is -1.95. The summed E-state index contributed by atoms with van der Waals surface area (Å²) in [6.07, 6.45) is 0.0176. The van der Waals surface area contributed by atoms with Crippen molar-refractivity contribution in [2.24, 2.45) is 0 Å². The second-order valence-electron chi connectivity index (χ2n) is 4.40. The van der Waals surface area contributed by atoms with E-state index in [2.05, 4.69) is 4.98 Å².